The van der Waals surface area contributed by atoms with Crippen molar-refractivity contribution in [2.45, 2.75) is 6.92 Å². The molecule has 0 bridgehead atoms. The average molecular weight is 278 g/mol. The number of pyridine rings is 1. The Morgan fingerprint density at radius 2 is 2.05 bits per heavy atom. The molecule has 0 atom stereocenters. The quantitative estimate of drug-likeness (QED) is 0.846. The number of rotatable bonds is 2. The summed E-state index contributed by atoms with van der Waals surface area (Å²) in [6.07, 6.45) is 0.735. The van der Waals surface area contributed by atoms with Gasteiger partial charge in [-0.2, -0.15) is 0 Å². The van der Waals surface area contributed by atoms with E-state index in [1.165, 1.54) is 30.9 Å². The highest BCUT2D eigenvalue weighted by Gasteiger charge is 2.15. The van der Waals surface area contributed by atoms with Crippen molar-refractivity contribution in [2.75, 3.05) is 11.9 Å². The number of fused-ring (bicyclic) bond motifs is 1. The van der Waals surface area contributed by atoms with Gasteiger partial charge >= 0.3 is 11.8 Å². The summed E-state index contributed by atoms with van der Waals surface area (Å²) in [4.78, 5) is 39.5. The van der Waals surface area contributed by atoms with Gasteiger partial charge in [-0.15, -0.1) is 0 Å². The molecule has 0 aliphatic rings. The summed E-state index contributed by atoms with van der Waals surface area (Å²) in [7, 11) is 2.87. The van der Waals surface area contributed by atoms with Crippen LogP contribution in [-0.2, 0) is 18.8 Å². The largest absolute Gasteiger partial charge is 0.450 e. The van der Waals surface area contributed by atoms with E-state index in [1.807, 2.05) is 0 Å². The molecule has 8 nitrogen and oxygen atoms in total. The van der Waals surface area contributed by atoms with E-state index in [9.17, 15) is 14.4 Å². The summed E-state index contributed by atoms with van der Waals surface area (Å²) in [5, 5.41) is 2.63. The fourth-order valence-electron chi connectivity index (χ4n) is 1.87. The molecule has 0 spiro atoms. The summed E-state index contributed by atoms with van der Waals surface area (Å²) in [6, 6.07) is 1.48. The maximum atomic E-state index is 12.2. The Hall–Kier alpha value is -2.64. The smallest absolute Gasteiger partial charge is 0.411 e. The topological polar surface area (TPSA) is 95.2 Å². The van der Waals surface area contributed by atoms with Crippen LogP contribution in [0.4, 0.5) is 10.5 Å². The van der Waals surface area contributed by atoms with E-state index in [2.05, 4.69) is 10.3 Å². The first kappa shape index (κ1) is 13.8. The zero-order valence-corrected chi connectivity index (χ0v) is 11.3. The highest BCUT2D eigenvalue weighted by atomic mass is 16.5. The lowest BCUT2D eigenvalue weighted by molar-refractivity contribution is 0.168. The van der Waals surface area contributed by atoms with E-state index in [-0.39, 0.29) is 23.3 Å². The van der Waals surface area contributed by atoms with Gasteiger partial charge in [-0.05, 0) is 13.0 Å². The number of ether oxygens (including phenoxy) is 1. The van der Waals surface area contributed by atoms with Crippen LogP contribution in [0.25, 0.3) is 11.0 Å². The second-order valence-electron chi connectivity index (χ2n) is 4.11. The molecule has 106 valence electrons. The molecule has 1 amide bonds. The Bertz CT molecular complexity index is 790. The molecule has 0 fully saturated rings. The van der Waals surface area contributed by atoms with Crippen LogP contribution in [0.5, 0.6) is 0 Å². The number of hydrogen-bond acceptors (Lipinski definition) is 5. The van der Waals surface area contributed by atoms with Crippen LogP contribution in [-0.4, -0.2) is 26.8 Å². The van der Waals surface area contributed by atoms with Gasteiger partial charge in [0.05, 0.1) is 12.3 Å². The van der Waals surface area contributed by atoms with Crippen molar-refractivity contribution in [1.29, 1.82) is 0 Å². The van der Waals surface area contributed by atoms with Gasteiger partial charge in [-0.25, -0.2) is 14.6 Å². The van der Waals surface area contributed by atoms with Crippen LogP contribution in [0.1, 0.15) is 6.92 Å². The minimum Gasteiger partial charge on any atom is -0.450 e. The van der Waals surface area contributed by atoms with E-state index >= 15 is 0 Å². The predicted molar refractivity (Wildman–Crippen MR) is 72.9 cm³/mol. The standard InChI is InChI=1S/C12H14N4O4/c1-4-20-11(18)14-7-5-6-13-9-8(7)10(17)16(3)12(19)15(9)2/h5-6H,4H2,1-3H3,(H,13,14,18). The zero-order valence-electron chi connectivity index (χ0n) is 11.3. The van der Waals surface area contributed by atoms with Crippen LogP contribution < -0.4 is 16.6 Å². The Labute approximate surface area is 113 Å². The number of aromatic nitrogens is 3. The van der Waals surface area contributed by atoms with Gasteiger partial charge in [0.25, 0.3) is 5.56 Å². The molecule has 2 aromatic heterocycles. The second-order valence-corrected chi connectivity index (χ2v) is 4.11. The molecule has 0 aliphatic heterocycles. The van der Waals surface area contributed by atoms with Gasteiger partial charge in [0, 0.05) is 20.3 Å². The molecular weight excluding hydrogens is 264 g/mol. The van der Waals surface area contributed by atoms with Crippen LogP contribution >= 0.6 is 0 Å². The minimum absolute atomic E-state index is 0.158. The summed E-state index contributed by atoms with van der Waals surface area (Å²) >= 11 is 0. The van der Waals surface area contributed by atoms with Crippen molar-refractivity contribution in [3.8, 4) is 0 Å². The highest BCUT2D eigenvalue weighted by molar-refractivity contribution is 5.96. The van der Waals surface area contributed by atoms with Gasteiger partial charge in [-0.1, -0.05) is 0 Å². The van der Waals surface area contributed by atoms with E-state index < -0.39 is 17.3 Å². The lowest BCUT2D eigenvalue weighted by Crippen LogP contribution is -2.37. The first-order chi connectivity index (χ1) is 9.47. The minimum atomic E-state index is -0.670. The van der Waals surface area contributed by atoms with Crippen molar-refractivity contribution < 1.29 is 9.53 Å². The lowest BCUT2D eigenvalue weighted by atomic mass is 10.2. The summed E-state index contributed by atoms with van der Waals surface area (Å²) in [6.45, 7) is 1.89. The molecule has 8 heteroatoms. The van der Waals surface area contributed by atoms with E-state index in [0.717, 1.165) is 4.57 Å². The fraction of sp³-hybridized carbons (Fsp3) is 0.333. The first-order valence-electron chi connectivity index (χ1n) is 5.95. The fourth-order valence-corrected chi connectivity index (χ4v) is 1.87. The van der Waals surface area contributed by atoms with Crippen LogP contribution in [0.2, 0.25) is 0 Å². The van der Waals surface area contributed by atoms with Crippen LogP contribution in [0, 0.1) is 0 Å². The van der Waals surface area contributed by atoms with Gasteiger partial charge < -0.3 is 4.74 Å². The number of aryl methyl sites for hydroxylation is 1. The lowest BCUT2D eigenvalue weighted by Gasteiger charge is -2.10. The SMILES string of the molecule is CCOC(=O)Nc1ccnc2c1c(=O)n(C)c(=O)n2C. The number of amides is 1. The molecule has 0 aromatic carbocycles. The zero-order chi connectivity index (χ0) is 14.9. The molecular formula is C12H14N4O4. The maximum absolute atomic E-state index is 12.2. The molecule has 0 saturated heterocycles. The van der Waals surface area contributed by atoms with Gasteiger partial charge in [0.2, 0.25) is 0 Å². The van der Waals surface area contributed by atoms with E-state index in [4.69, 9.17) is 4.74 Å². The van der Waals surface area contributed by atoms with Crippen molar-refractivity contribution in [1.82, 2.24) is 14.1 Å². The molecule has 0 unspecified atom stereocenters. The molecule has 2 heterocycles. The normalized spacial score (nSPS) is 10.6. The third-order valence-electron chi connectivity index (χ3n) is 2.85. The number of nitrogens with zero attached hydrogens (tertiary/aromatic N) is 3. The Kier molecular flexibility index (Phi) is 3.55. The third kappa shape index (κ3) is 2.15. The average Bonchev–Trinajstić information content (AvgIpc) is 2.43. The molecule has 2 aromatic rings. The molecule has 2 rings (SSSR count). The Morgan fingerprint density at radius 1 is 1.35 bits per heavy atom. The van der Waals surface area contributed by atoms with Crippen molar-refractivity contribution in [3.05, 3.63) is 33.1 Å². The first-order valence-corrected chi connectivity index (χ1v) is 5.95. The predicted octanol–water partition coefficient (Wildman–Crippen LogP) is 0.201. The van der Waals surface area contributed by atoms with Crippen molar-refractivity contribution >= 4 is 22.8 Å². The Morgan fingerprint density at radius 3 is 2.70 bits per heavy atom. The van der Waals surface area contributed by atoms with Crippen molar-refractivity contribution in [2.24, 2.45) is 14.1 Å². The molecule has 1 N–H and O–H groups in total. The maximum Gasteiger partial charge on any atom is 0.411 e. The van der Waals surface area contributed by atoms with Gasteiger partial charge in [-0.3, -0.25) is 19.2 Å². The summed E-state index contributed by atoms with van der Waals surface area (Å²) in [5.74, 6) is 0. The molecule has 0 aliphatic carbocycles. The summed E-state index contributed by atoms with van der Waals surface area (Å²) in [5.41, 5.74) is -0.552. The van der Waals surface area contributed by atoms with Gasteiger partial charge in [0.15, 0.2) is 5.65 Å². The van der Waals surface area contributed by atoms with E-state index in [0.29, 0.717) is 0 Å². The van der Waals surface area contributed by atoms with Crippen molar-refractivity contribution in [3.63, 3.8) is 0 Å². The number of anilines is 1. The molecule has 20 heavy (non-hydrogen) atoms. The molecule has 0 saturated carbocycles. The van der Waals surface area contributed by atoms with Gasteiger partial charge in [0.1, 0.15) is 5.39 Å². The highest BCUT2D eigenvalue weighted by Crippen LogP contribution is 2.16. The number of carbonyl (C=O) groups excluding carboxylic acids is 1. The number of carbonyl (C=O) groups is 1. The van der Waals surface area contributed by atoms with Crippen LogP contribution in [0.15, 0.2) is 21.9 Å². The Balaban J connectivity index is 2.72. The molecule has 0 radical (unpaired) electrons. The van der Waals surface area contributed by atoms with Crippen LogP contribution in [0.3, 0.4) is 0 Å². The number of hydrogen-bond donors (Lipinski definition) is 1. The monoisotopic (exact) mass is 278 g/mol. The third-order valence-corrected chi connectivity index (χ3v) is 2.85. The summed E-state index contributed by atoms with van der Waals surface area (Å²) < 4.78 is 6.97. The number of nitrogens with one attached hydrogen (secondary N) is 1. The van der Waals surface area contributed by atoms with E-state index in [1.54, 1.807) is 6.92 Å². The second kappa shape index (κ2) is 5.16.